The third-order valence-corrected chi connectivity index (χ3v) is 9.12. The van der Waals surface area contributed by atoms with E-state index in [0.717, 1.165) is 49.7 Å². The van der Waals surface area contributed by atoms with Crippen molar-refractivity contribution in [2.75, 3.05) is 0 Å². The van der Waals surface area contributed by atoms with Gasteiger partial charge in [0.25, 0.3) is 0 Å². The molecule has 9 aromatic rings. The summed E-state index contributed by atoms with van der Waals surface area (Å²) >= 11 is 0. The van der Waals surface area contributed by atoms with Gasteiger partial charge < -0.3 is 4.57 Å². The van der Waals surface area contributed by atoms with Gasteiger partial charge in [-0.15, -0.1) is 0 Å². The van der Waals surface area contributed by atoms with Crippen LogP contribution < -0.4 is 0 Å². The van der Waals surface area contributed by atoms with E-state index in [9.17, 15) is 5.26 Å². The number of nitrogens with zero attached hydrogens (tertiary/aromatic N) is 6. The van der Waals surface area contributed by atoms with Crippen LogP contribution in [0.25, 0.3) is 78.0 Å². The topological polar surface area (TPSA) is 72.3 Å². The molecule has 3 heterocycles. The van der Waals surface area contributed by atoms with E-state index in [0.29, 0.717) is 23.2 Å². The van der Waals surface area contributed by atoms with Crippen LogP contribution in [0.4, 0.5) is 0 Å². The molecule has 0 atom stereocenters. The number of aromatic nitrogens is 5. The second-order valence-electron chi connectivity index (χ2n) is 12.2. The Morgan fingerprint density at radius 2 is 1.06 bits per heavy atom. The fourth-order valence-electron chi connectivity index (χ4n) is 6.93. The lowest BCUT2D eigenvalue weighted by Crippen LogP contribution is -2.08. The number of fused-ring (bicyclic) bond motifs is 6. The standard InChI is InChI=1S/C42H28N6/c1-26-16-19-37-32(22-26)33-23-27(2)17-20-38(33)47(37)39-21-18-28(25-43)24-34(39)41-44-40(29-10-4-3-5-11-29)45-42(46-41)48-35-14-8-6-12-30(35)31-13-7-9-15-36(31)48/h3-24H,1-2H3. The van der Waals surface area contributed by atoms with E-state index >= 15 is 0 Å². The molecule has 0 saturated carbocycles. The Morgan fingerprint density at radius 1 is 0.500 bits per heavy atom. The quantitative estimate of drug-likeness (QED) is 0.197. The monoisotopic (exact) mass is 616 g/mol. The minimum absolute atomic E-state index is 0.488. The van der Waals surface area contributed by atoms with Crippen molar-refractivity contribution in [2.45, 2.75) is 13.8 Å². The zero-order valence-electron chi connectivity index (χ0n) is 26.4. The Labute approximate surface area is 276 Å². The molecule has 0 bridgehead atoms. The summed E-state index contributed by atoms with van der Waals surface area (Å²) in [5.41, 5.74) is 9.61. The molecule has 0 unspecified atom stereocenters. The molecule has 6 heteroatoms. The van der Waals surface area contributed by atoms with Crippen LogP contribution in [-0.2, 0) is 0 Å². The highest BCUT2D eigenvalue weighted by molar-refractivity contribution is 6.10. The Balaban J connectivity index is 1.39. The fraction of sp³-hybridized carbons (Fsp3) is 0.0476. The maximum Gasteiger partial charge on any atom is 0.238 e. The van der Waals surface area contributed by atoms with Crippen molar-refractivity contribution in [3.63, 3.8) is 0 Å². The van der Waals surface area contributed by atoms with Crippen LogP contribution in [0, 0.1) is 25.2 Å². The predicted octanol–water partition coefficient (Wildman–Crippen LogP) is 9.89. The van der Waals surface area contributed by atoms with Crippen molar-refractivity contribution >= 4 is 43.6 Å². The molecule has 226 valence electrons. The van der Waals surface area contributed by atoms with E-state index in [1.54, 1.807) is 0 Å². The first kappa shape index (κ1) is 27.7. The van der Waals surface area contributed by atoms with Crippen molar-refractivity contribution in [3.05, 3.63) is 150 Å². The maximum absolute atomic E-state index is 10.1. The molecule has 6 nitrogen and oxygen atoms in total. The van der Waals surface area contributed by atoms with E-state index in [1.807, 2.05) is 60.7 Å². The zero-order valence-corrected chi connectivity index (χ0v) is 26.4. The largest absolute Gasteiger partial charge is 0.308 e. The van der Waals surface area contributed by atoms with Crippen LogP contribution in [0.5, 0.6) is 0 Å². The number of hydrogen-bond donors (Lipinski definition) is 0. The van der Waals surface area contributed by atoms with E-state index in [-0.39, 0.29) is 0 Å². The first-order valence-corrected chi connectivity index (χ1v) is 15.9. The van der Waals surface area contributed by atoms with E-state index < -0.39 is 0 Å². The molecular weight excluding hydrogens is 589 g/mol. The average molecular weight is 617 g/mol. The normalized spacial score (nSPS) is 11.5. The average Bonchev–Trinajstić information content (AvgIpc) is 3.63. The van der Waals surface area contributed by atoms with Crippen LogP contribution in [0.3, 0.4) is 0 Å². The molecule has 0 saturated heterocycles. The van der Waals surface area contributed by atoms with E-state index in [4.69, 9.17) is 15.0 Å². The van der Waals surface area contributed by atoms with Gasteiger partial charge in [0.15, 0.2) is 11.6 Å². The van der Waals surface area contributed by atoms with Gasteiger partial charge >= 0.3 is 0 Å². The van der Waals surface area contributed by atoms with Gasteiger partial charge in [-0.1, -0.05) is 90.0 Å². The summed E-state index contributed by atoms with van der Waals surface area (Å²) in [5, 5.41) is 14.7. The lowest BCUT2D eigenvalue weighted by atomic mass is 10.1. The smallest absolute Gasteiger partial charge is 0.238 e. The summed E-state index contributed by atoms with van der Waals surface area (Å²) in [6.07, 6.45) is 0. The lowest BCUT2D eigenvalue weighted by Gasteiger charge is -2.15. The highest BCUT2D eigenvalue weighted by Gasteiger charge is 2.22. The summed E-state index contributed by atoms with van der Waals surface area (Å²) in [5.74, 6) is 1.55. The highest BCUT2D eigenvalue weighted by atomic mass is 15.2. The molecule has 0 fully saturated rings. The van der Waals surface area contributed by atoms with Crippen molar-refractivity contribution in [1.29, 1.82) is 5.26 Å². The molecule has 0 aliphatic heterocycles. The zero-order chi connectivity index (χ0) is 32.4. The minimum atomic E-state index is 0.488. The molecule has 0 N–H and O–H groups in total. The molecule has 0 spiro atoms. The van der Waals surface area contributed by atoms with Gasteiger partial charge in [0.05, 0.1) is 39.4 Å². The van der Waals surface area contributed by atoms with Crippen LogP contribution >= 0.6 is 0 Å². The molecule has 0 aliphatic rings. The lowest BCUT2D eigenvalue weighted by molar-refractivity contribution is 0.951. The van der Waals surface area contributed by atoms with Crippen LogP contribution in [0.2, 0.25) is 0 Å². The summed E-state index contributed by atoms with van der Waals surface area (Å²) in [6, 6.07) is 47.9. The van der Waals surface area contributed by atoms with Gasteiger partial charge in [-0.3, -0.25) is 4.57 Å². The fourth-order valence-corrected chi connectivity index (χ4v) is 6.93. The number of nitriles is 1. The summed E-state index contributed by atoms with van der Waals surface area (Å²) in [4.78, 5) is 15.4. The summed E-state index contributed by atoms with van der Waals surface area (Å²) in [6.45, 7) is 4.25. The van der Waals surface area contributed by atoms with Gasteiger partial charge in [0.1, 0.15) is 0 Å². The van der Waals surface area contributed by atoms with Crippen LogP contribution in [0.15, 0.2) is 133 Å². The number of para-hydroxylation sites is 2. The Bertz CT molecular complexity index is 2650. The molecule has 0 radical (unpaired) electrons. The Morgan fingerprint density at radius 3 is 1.69 bits per heavy atom. The molecular formula is C42H28N6. The molecule has 0 amide bonds. The van der Waals surface area contributed by atoms with E-state index in [2.05, 4.69) is 102 Å². The minimum Gasteiger partial charge on any atom is -0.308 e. The number of rotatable bonds is 4. The van der Waals surface area contributed by atoms with E-state index in [1.165, 1.54) is 21.9 Å². The second-order valence-corrected chi connectivity index (χ2v) is 12.2. The molecule has 0 aliphatic carbocycles. The molecule has 3 aromatic heterocycles. The van der Waals surface area contributed by atoms with Crippen molar-refractivity contribution < 1.29 is 0 Å². The molecule has 9 rings (SSSR count). The van der Waals surface area contributed by atoms with Crippen LogP contribution in [0.1, 0.15) is 16.7 Å². The summed E-state index contributed by atoms with van der Waals surface area (Å²) < 4.78 is 4.38. The van der Waals surface area contributed by atoms with Crippen molar-refractivity contribution in [2.24, 2.45) is 0 Å². The third-order valence-electron chi connectivity index (χ3n) is 9.12. The number of aryl methyl sites for hydroxylation is 2. The SMILES string of the molecule is Cc1ccc2c(c1)c1cc(C)ccc1n2-c1ccc(C#N)cc1-c1nc(-c2ccccc2)nc(-n2c3ccccc3c3ccccc32)n1. The number of benzene rings is 6. The first-order chi connectivity index (χ1) is 23.6. The van der Waals surface area contributed by atoms with Crippen LogP contribution in [-0.4, -0.2) is 24.1 Å². The van der Waals surface area contributed by atoms with Crippen molar-refractivity contribution in [3.8, 4) is 40.5 Å². The number of hydrogen-bond acceptors (Lipinski definition) is 4. The summed E-state index contributed by atoms with van der Waals surface area (Å²) in [7, 11) is 0. The van der Waals surface area contributed by atoms with Crippen molar-refractivity contribution in [1.82, 2.24) is 24.1 Å². The third kappa shape index (κ3) is 4.29. The van der Waals surface area contributed by atoms with Gasteiger partial charge in [-0.25, -0.2) is 4.98 Å². The second kappa shape index (κ2) is 10.8. The van der Waals surface area contributed by atoms with Gasteiger partial charge in [0, 0.05) is 32.7 Å². The first-order valence-electron chi connectivity index (χ1n) is 15.9. The van der Waals surface area contributed by atoms with Gasteiger partial charge in [-0.05, 0) is 68.4 Å². The van der Waals surface area contributed by atoms with Gasteiger partial charge in [-0.2, -0.15) is 15.2 Å². The Hall–Kier alpha value is -6.58. The Kier molecular flexibility index (Phi) is 6.21. The van der Waals surface area contributed by atoms with Gasteiger partial charge in [0.2, 0.25) is 5.95 Å². The maximum atomic E-state index is 10.1. The highest BCUT2D eigenvalue weighted by Crippen LogP contribution is 2.38. The molecule has 6 aromatic carbocycles. The molecule has 48 heavy (non-hydrogen) atoms. The predicted molar refractivity (Wildman–Crippen MR) is 194 cm³/mol.